The van der Waals surface area contributed by atoms with Gasteiger partial charge in [-0.1, -0.05) is 109 Å². The first-order chi connectivity index (χ1) is 23.7. The molecule has 4 heteroatoms. The number of nitriles is 2. The van der Waals surface area contributed by atoms with Crippen LogP contribution in [0.5, 0.6) is 0 Å². The normalized spacial score (nSPS) is 11.3. The van der Waals surface area contributed by atoms with Crippen molar-refractivity contribution in [2.45, 2.75) is 0 Å². The summed E-state index contributed by atoms with van der Waals surface area (Å²) >= 11 is 0. The fourth-order valence-corrected chi connectivity index (χ4v) is 7.31. The highest BCUT2D eigenvalue weighted by Crippen LogP contribution is 2.39. The summed E-state index contributed by atoms with van der Waals surface area (Å²) in [5.74, 6) is 0. The SMILES string of the molecule is N#Cc1cccc(-n2c3ccccc3c3ccccc32)c1-c1ccc(-c2ccc(-n3c4ccccc4c4cccc(C#N)c43)cc2)cc1. The van der Waals surface area contributed by atoms with Crippen molar-refractivity contribution in [3.63, 3.8) is 0 Å². The van der Waals surface area contributed by atoms with E-state index in [-0.39, 0.29) is 0 Å². The van der Waals surface area contributed by atoms with Crippen molar-refractivity contribution in [1.82, 2.24) is 9.13 Å². The molecular formula is C44H26N4. The molecule has 0 saturated carbocycles. The highest BCUT2D eigenvalue weighted by atomic mass is 15.0. The summed E-state index contributed by atoms with van der Waals surface area (Å²) in [5, 5.41) is 24.8. The van der Waals surface area contributed by atoms with E-state index in [4.69, 9.17) is 0 Å². The van der Waals surface area contributed by atoms with E-state index < -0.39 is 0 Å². The summed E-state index contributed by atoms with van der Waals surface area (Å²) in [5.41, 5.74) is 11.5. The Labute approximate surface area is 277 Å². The van der Waals surface area contributed by atoms with Gasteiger partial charge in [-0.2, -0.15) is 10.5 Å². The summed E-state index contributed by atoms with van der Waals surface area (Å²) in [6, 6.07) is 58.9. The molecule has 4 nitrogen and oxygen atoms in total. The van der Waals surface area contributed by atoms with Crippen LogP contribution < -0.4 is 0 Å². The molecule has 9 aromatic rings. The molecule has 9 rings (SSSR count). The van der Waals surface area contributed by atoms with Gasteiger partial charge in [0, 0.05) is 32.8 Å². The van der Waals surface area contributed by atoms with Gasteiger partial charge in [-0.15, -0.1) is 0 Å². The molecule has 0 fully saturated rings. The van der Waals surface area contributed by atoms with Crippen LogP contribution in [-0.2, 0) is 0 Å². The van der Waals surface area contributed by atoms with Crippen LogP contribution in [0.2, 0.25) is 0 Å². The average Bonchev–Trinajstić information content (AvgIpc) is 3.68. The molecule has 0 bridgehead atoms. The summed E-state index contributed by atoms with van der Waals surface area (Å²) in [7, 11) is 0. The lowest BCUT2D eigenvalue weighted by molar-refractivity contribution is 1.18. The molecule has 0 atom stereocenters. The quantitative estimate of drug-likeness (QED) is 0.199. The number of rotatable bonds is 4. The third-order valence-corrected chi connectivity index (χ3v) is 9.43. The fraction of sp³-hybridized carbons (Fsp3) is 0. The van der Waals surface area contributed by atoms with Crippen molar-refractivity contribution in [3.8, 4) is 45.8 Å². The van der Waals surface area contributed by atoms with Crippen molar-refractivity contribution in [2.24, 2.45) is 0 Å². The van der Waals surface area contributed by atoms with Crippen molar-refractivity contribution in [2.75, 3.05) is 0 Å². The van der Waals surface area contributed by atoms with Crippen LogP contribution in [0.25, 0.3) is 77.2 Å². The Morgan fingerprint density at radius 3 is 1.44 bits per heavy atom. The molecule has 0 saturated heterocycles. The minimum Gasteiger partial charge on any atom is -0.309 e. The molecule has 7 aromatic carbocycles. The largest absolute Gasteiger partial charge is 0.309 e. The van der Waals surface area contributed by atoms with Crippen molar-refractivity contribution >= 4 is 43.6 Å². The lowest BCUT2D eigenvalue weighted by Crippen LogP contribution is -1.99. The molecule has 222 valence electrons. The van der Waals surface area contributed by atoms with Crippen molar-refractivity contribution < 1.29 is 0 Å². The van der Waals surface area contributed by atoms with Gasteiger partial charge in [0.2, 0.25) is 0 Å². The maximum absolute atomic E-state index is 10.3. The minimum absolute atomic E-state index is 0.634. The lowest BCUT2D eigenvalue weighted by Gasteiger charge is -2.16. The van der Waals surface area contributed by atoms with Gasteiger partial charge in [-0.25, -0.2) is 0 Å². The van der Waals surface area contributed by atoms with Crippen LogP contribution in [0.4, 0.5) is 0 Å². The van der Waals surface area contributed by atoms with Gasteiger partial charge in [0.25, 0.3) is 0 Å². The first-order valence-electron chi connectivity index (χ1n) is 15.9. The summed E-state index contributed by atoms with van der Waals surface area (Å²) in [6.07, 6.45) is 0. The molecule has 2 heterocycles. The van der Waals surface area contributed by atoms with Crippen LogP contribution in [0, 0.1) is 22.7 Å². The van der Waals surface area contributed by atoms with Gasteiger partial charge in [0.1, 0.15) is 6.07 Å². The molecule has 0 N–H and O–H groups in total. The zero-order chi connectivity index (χ0) is 32.2. The summed E-state index contributed by atoms with van der Waals surface area (Å²) < 4.78 is 4.46. The van der Waals surface area contributed by atoms with E-state index in [1.807, 2.05) is 36.4 Å². The Bertz CT molecular complexity index is 2730. The highest BCUT2D eigenvalue weighted by Gasteiger charge is 2.18. The predicted octanol–water partition coefficient (Wildman–Crippen LogP) is 11.0. The summed E-state index contributed by atoms with van der Waals surface area (Å²) in [4.78, 5) is 0. The Morgan fingerprint density at radius 1 is 0.375 bits per heavy atom. The van der Waals surface area contributed by atoms with Gasteiger partial charge in [0.15, 0.2) is 0 Å². The van der Waals surface area contributed by atoms with Crippen LogP contribution in [0.3, 0.4) is 0 Å². The topological polar surface area (TPSA) is 57.4 Å². The standard InChI is InChI=1S/C44H26N4/c45-27-32-9-8-18-42(48-40-16-5-1-11-35(40)36-12-2-6-17-41(36)48)43(32)31-21-19-29(20-22-31)30-23-25-34(26-24-30)47-39-15-4-3-13-37(39)38-14-7-10-33(28-46)44(38)47/h1-26H. The Kier molecular flexibility index (Phi) is 6.22. The molecule has 0 unspecified atom stereocenters. The smallest absolute Gasteiger partial charge is 0.101 e. The number of para-hydroxylation sites is 4. The molecule has 0 spiro atoms. The first-order valence-corrected chi connectivity index (χ1v) is 15.9. The van der Waals surface area contributed by atoms with E-state index in [2.05, 4.69) is 143 Å². The monoisotopic (exact) mass is 610 g/mol. The molecule has 0 aliphatic rings. The van der Waals surface area contributed by atoms with E-state index in [0.29, 0.717) is 11.1 Å². The Balaban J connectivity index is 1.14. The maximum Gasteiger partial charge on any atom is 0.101 e. The second kappa shape index (κ2) is 10.9. The van der Waals surface area contributed by atoms with Gasteiger partial charge in [-0.3, -0.25) is 0 Å². The molecule has 2 aromatic heterocycles. The zero-order valence-electron chi connectivity index (χ0n) is 25.8. The zero-order valence-corrected chi connectivity index (χ0v) is 25.8. The molecule has 0 radical (unpaired) electrons. The predicted molar refractivity (Wildman–Crippen MR) is 195 cm³/mol. The number of benzene rings is 7. The van der Waals surface area contributed by atoms with Gasteiger partial charge in [-0.05, 0) is 65.2 Å². The third kappa shape index (κ3) is 4.07. The van der Waals surface area contributed by atoms with Gasteiger partial charge in [0.05, 0.1) is 45.0 Å². The summed E-state index contributed by atoms with van der Waals surface area (Å²) in [6.45, 7) is 0. The number of nitrogens with zero attached hydrogens (tertiary/aromatic N) is 4. The van der Waals surface area contributed by atoms with E-state index >= 15 is 0 Å². The van der Waals surface area contributed by atoms with Crippen LogP contribution in [-0.4, -0.2) is 9.13 Å². The second-order valence-electron chi connectivity index (χ2n) is 12.0. The van der Waals surface area contributed by atoms with E-state index in [9.17, 15) is 10.5 Å². The fourth-order valence-electron chi connectivity index (χ4n) is 7.31. The molecular weight excluding hydrogens is 585 g/mol. The van der Waals surface area contributed by atoms with Crippen LogP contribution in [0.1, 0.15) is 11.1 Å². The molecule has 48 heavy (non-hydrogen) atoms. The first kappa shape index (κ1) is 27.4. The van der Waals surface area contributed by atoms with E-state index in [1.165, 1.54) is 10.8 Å². The number of hydrogen-bond donors (Lipinski definition) is 0. The highest BCUT2D eigenvalue weighted by molar-refractivity contribution is 6.11. The Hall–Kier alpha value is -6.88. The van der Waals surface area contributed by atoms with Crippen LogP contribution in [0.15, 0.2) is 158 Å². The van der Waals surface area contributed by atoms with E-state index in [0.717, 1.165) is 66.5 Å². The second-order valence-corrected chi connectivity index (χ2v) is 12.0. The van der Waals surface area contributed by atoms with E-state index in [1.54, 1.807) is 0 Å². The molecule has 0 aliphatic heterocycles. The minimum atomic E-state index is 0.634. The third-order valence-electron chi connectivity index (χ3n) is 9.43. The molecule has 0 aliphatic carbocycles. The Morgan fingerprint density at radius 2 is 0.833 bits per heavy atom. The van der Waals surface area contributed by atoms with Crippen molar-refractivity contribution in [1.29, 1.82) is 10.5 Å². The van der Waals surface area contributed by atoms with Crippen molar-refractivity contribution in [3.05, 3.63) is 169 Å². The average molecular weight is 611 g/mol. The van der Waals surface area contributed by atoms with Crippen LogP contribution >= 0.6 is 0 Å². The van der Waals surface area contributed by atoms with Gasteiger partial charge >= 0.3 is 0 Å². The molecule has 0 amide bonds. The van der Waals surface area contributed by atoms with Gasteiger partial charge < -0.3 is 9.13 Å². The number of hydrogen-bond acceptors (Lipinski definition) is 2. The number of aromatic nitrogens is 2. The number of fused-ring (bicyclic) bond motifs is 6. The lowest BCUT2D eigenvalue weighted by atomic mass is 9.95. The maximum atomic E-state index is 10.3.